The largest absolute Gasteiger partial charge is 0.481 e. The number of aliphatic carboxylic acids is 1. The maximum absolute atomic E-state index is 13.5. The molecule has 0 spiro atoms. The molecule has 0 aliphatic carbocycles. The summed E-state index contributed by atoms with van der Waals surface area (Å²) >= 11 is 0. The van der Waals surface area contributed by atoms with Gasteiger partial charge in [-0.25, -0.2) is 4.79 Å². The number of fused-ring (bicyclic) bond motifs is 1. The number of nitrogens with one attached hydrogen (secondary N) is 1. The summed E-state index contributed by atoms with van der Waals surface area (Å²) in [4.78, 5) is 62.9. The fraction of sp³-hybridized carbons (Fsp3) is 0.400. The fourth-order valence-electron chi connectivity index (χ4n) is 4.19. The number of benzene rings is 2. The lowest BCUT2D eigenvalue weighted by Crippen LogP contribution is -2.40. The van der Waals surface area contributed by atoms with Crippen LogP contribution in [0.1, 0.15) is 67.9 Å². The zero-order valence-corrected chi connectivity index (χ0v) is 23.8. The number of amides is 3. The molecule has 3 amide bonds. The van der Waals surface area contributed by atoms with Crippen molar-refractivity contribution in [1.82, 2.24) is 10.2 Å². The van der Waals surface area contributed by atoms with Gasteiger partial charge < -0.3 is 25.0 Å². The van der Waals surface area contributed by atoms with E-state index in [9.17, 15) is 29.3 Å². The molecule has 12 nitrogen and oxygen atoms in total. The average molecular weight is 579 g/mol. The van der Waals surface area contributed by atoms with E-state index < -0.39 is 34.4 Å². The van der Waals surface area contributed by atoms with E-state index in [0.29, 0.717) is 36.2 Å². The third-order valence-electron chi connectivity index (χ3n) is 6.12. The number of ether oxygens (including phenoxy) is 1. The summed E-state index contributed by atoms with van der Waals surface area (Å²) in [6.07, 6.45) is 1.16. The van der Waals surface area contributed by atoms with Crippen molar-refractivity contribution in [2.45, 2.75) is 58.6 Å². The number of carbonyl (C=O) groups excluding carboxylic acids is 3. The number of anilines is 1. The highest BCUT2D eigenvalue weighted by molar-refractivity contribution is 6.09. The van der Waals surface area contributed by atoms with Gasteiger partial charge in [-0.05, 0) is 57.4 Å². The number of carbonyl (C=O) groups is 4. The molecule has 0 aromatic heterocycles. The predicted octanol–water partition coefficient (Wildman–Crippen LogP) is 4.11. The number of nitro benzene ring substituents is 1. The van der Waals surface area contributed by atoms with Gasteiger partial charge in [0, 0.05) is 37.2 Å². The van der Waals surface area contributed by atoms with Crippen molar-refractivity contribution in [2.24, 2.45) is 0 Å². The van der Waals surface area contributed by atoms with E-state index in [4.69, 9.17) is 9.84 Å². The number of hydrogen-bond acceptors (Lipinski definition) is 7. The van der Waals surface area contributed by atoms with Crippen LogP contribution in [-0.2, 0) is 20.9 Å². The van der Waals surface area contributed by atoms with E-state index in [1.54, 1.807) is 45.0 Å². The number of nitrogens with zero attached hydrogens (tertiary/aromatic N) is 3. The van der Waals surface area contributed by atoms with Crippen LogP contribution in [0.15, 0.2) is 42.5 Å². The molecule has 0 fully saturated rings. The standard InChI is InChI=1S/C30H34N4O8/c1-30(2,3)42-29(39)31-15-7-5-4-6-9-21-12-13-25-24(18-21)28(38)32(16-14-27(36)37)20-26(35)33(25)19-22-10-8-11-23(17-22)34(40)41/h8,10-13,17-18H,4-5,7,14-16,19-20H2,1-3H3,(H,31,39)(H,36,37). The van der Waals surface area contributed by atoms with Crippen molar-refractivity contribution in [3.63, 3.8) is 0 Å². The summed E-state index contributed by atoms with van der Waals surface area (Å²) in [5.74, 6) is 4.02. The summed E-state index contributed by atoms with van der Waals surface area (Å²) in [6, 6.07) is 10.8. The molecule has 0 saturated carbocycles. The van der Waals surface area contributed by atoms with Crippen molar-refractivity contribution < 1.29 is 33.9 Å². The Morgan fingerprint density at radius 1 is 1.14 bits per heavy atom. The smallest absolute Gasteiger partial charge is 0.407 e. The van der Waals surface area contributed by atoms with Crippen LogP contribution < -0.4 is 10.2 Å². The van der Waals surface area contributed by atoms with Gasteiger partial charge in [0.15, 0.2) is 0 Å². The topological polar surface area (TPSA) is 159 Å². The predicted molar refractivity (Wildman–Crippen MR) is 154 cm³/mol. The van der Waals surface area contributed by atoms with Crippen molar-refractivity contribution in [3.05, 3.63) is 69.3 Å². The lowest BCUT2D eigenvalue weighted by Gasteiger charge is -2.23. The molecule has 0 radical (unpaired) electrons. The Balaban J connectivity index is 1.77. The first-order valence-corrected chi connectivity index (χ1v) is 13.5. The highest BCUT2D eigenvalue weighted by Crippen LogP contribution is 2.29. The number of carboxylic acids is 1. The van der Waals surface area contributed by atoms with Crippen LogP contribution in [0.2, 0.25) is 0 Å². The number of alkyl carbamates (subject to hydrolysis) is 1. The maximum Gasteiger partial charge on any atom is 0.407 e. The molecule has 0 saturated heterocycles. The van der Waals surface area contributed by atoms with Gasteiger partial charge in [0.25, 0.3) is 11.6 Å². The minimum absolute atomic E-state index is 0.0179. The molecule has 0 atom stereocenters. The molecule has 222 valence electrons. The van der Waals surface area contributed by atoms with Crippen molar-refractivity contribution in [2.75, 3.05) is 24.5 Å². The van der Waals surface area contributed by atoms with Crippen molar-refractivity contribution in [1.29, 1.82) is 0 Å². The fourth-order valence-corrected chi connectivity index (χ4v) is 4.19. The second-order valence-electron chi connectivity index (χ2n) is 10.7. The summed E-state index contributed by atoms with van der Waals surface area (Å²) < 4.78 is 5.19. The average Bonchev–Trinajstić information content (AvgIpc) is 3.00. The van der Waals surface area contributed by atoms with Crippen LogP contribution in [0.25, 0.3) is 0 Å². The Morgan fingerprint density at radius 2 is 1.90 bits per heavy atom. The Bertz CT molecular complexity index is 1420. The van der Waals surface area contributed by atoms with Gasteiger partial charge in [0.05, 0.1) is 29.1 Å². The van der Waals surface area contributed by atoms with Gasteiger partial charge in [-0.2, -0.15) is 0 Å². The highest BCUT2D eigenvalue weighted by atomic mass is 16.6. The maximum atomic E-state index is 13.5. The number of non-ortho nitro benzene ring substituents is 1. The first-order valence-electron chi connectivity index (χ1n) is 13.5. The van der Waals surface area contributed by atoms with E-state index in [0.717, 1.165) is 6.42 Å². The Labute approximate surface area is 243 Å². The number of unbranched alkanes of at least 4 members (excludes halogenated alkanes) is 2. The van der Waals surface area contributed by atoms with Crippen LogP contribution in [-0.4, -0.2) is 64.0 Å². The van der Waals surface area contributed by atoms with E-state index in [2.05, 4.69) is 17.2 Å². The van der Waals surface area contributed by atoms with Gasteiger partial charge in [-0.1, -0.05) is 24.0 Å². The molecule has 2 N–H and O–H groups in total. The lowest BCUT2D eigenvalue weighted by molar-refractivity contribution is -0.384. The third kappa shape index (κ3) is 9.33. The third-order valence-corrected chi connectivity index (χ3v) is 6.12. The number of rotatable bonds is 10. The number of nitro groups is 1. The molecule has 1 aliphatic rings. The van der Waals surface area contributed by atoms with Crippen molar-refractivity contribution in [3.8, 4) is 11.8 Å². The first-order chi connectivity index (χ1) is 19.8. The summed E-state index contributed by atoms with van der Waals surface area (Å²) in [5, 5.41) is 23.1. The normalized spacial score (nSPS) is 13.0. The monoisotopic (exact) mass is 578 g/mol. The van der Waals surface area contributed by atoms with Gasteiger partial charge in [0.1, 0.15) is 12.1 Å². The minimum atomic E-state index is -1.10. The SMILES string of the molecule is CC(C)(C)OC(=O)NCCCCC#Cc1ccc2c(c1)C(=O)N(CCC(=O)O)CC(=O)N2Cc1cccc([N+](=O)[O-])c1. The minimum Gasteiger partial charge on any atom is -0.481 e. The summed E-state index contributed by atoms with van der Waals surface area (Å²) in [5.41, 5.74) is 0.848. The van der Waals surface area contributed by atoms with Crippen LogP contribution in [0.4, 0.5) is 16.2 Å². The molecule has 2 aromatic rings. The second-order valence-corrected chi connectivity index (χ2v) is 10.7. The Hall–Kier alpha value is -4.92. The molecular formula is C30H34N4O8. The van der Waals surface area contributed by atoms with Crippen LogP contribution >= 0.6 is 0 Å². The Kier molecular flexibility index (Phi) is 10.6. The molecular weight excluding hydrogens is 544 g/mol. The van der Waals surface area contributed by atoms with E-state index in [-0.39, 0.29) is 37.3 Å². The van der Waals surface area contributed by atoms with E-state index >= 15 is 0 Å². The first kappa shape index (κ1) is 31.6. The number of carboxylic acid groups (broad SMARTS) is 1. The molecule has 12 heteroatoms. The molecule has 0 unspecified atom stereocenters. The van der Waals surface area contributed by atoms with E-state index in [1.165, 1.54) is 28.0 Å². The summed E-state index contributed by atoms with van der Waals surface area (Å²) in [6.45, 7) is 5.31. The molecule has 42 heavy (non-hydrogen) atoms. The summed E-state index contributed by atoms with van der Waals surface area (Å²) in [7, 11) is 0. The van der Waals surface area contributed by atoms with Gasteiger partial charge in [-0.15, -0.1) is 0 Å². The zero-order chi connectivity index (χ0) is 30.9. The van der Waals surface area contributed by atoms with Gasteiger partial charge in [0.2, 0.25) is 5.91 Å². The number of hydrogen-bond donors (Lipinski definition) is 2. The van der Waals surface area contributed by atoms with Gasteiger partial charge >= 0.3 is 12.1 Å². The van der Waals surface area contributed by atoms with Crippen LogP contribution in [0, 0.1) is 22.0 Å². The Morgan fingerprint density at radius 3 is 2.60 bits per heavy atom. The van der Waals surface area contributed by atoms with Crippen LogP contribution in [0.3, 0.4) is 0 Å². The van der Waals surface area contributed by atoms with Crippen molar-refractivity contribution >= 4 is 35.3 Å². The van der Waals surface area contributed by atoms with Crippen LogP contribution in [0.5, 0.6) is 0 Å². The highest BCUT2D eigenvalue weighted by Gasteiger charge is 2.32. The van der Waals surface area contributed by atoms with E-state index in [1.807, 2.05) is 0 Å². The molecule has 3 rings (SSSR count). The molecule has 1 aliphatic heterocycles. The quantitative estimate of drug-likeness (QED) is 0.184. The molecule has 0 bridgehead atoms. The second kappa shape index (κ2) is 14.1. The molecule has 1 heterocycles. The van der Waals surface area contributed by atoms with Gasteiger partial charge in [-0.3, -0.25) is 24.5 Å². The lowest BCUT2D eigenvalue weighted by atomic mass is 10.1. The molecule has 2 aromatic carbocycles. The zero-order valence-electron chi connectivity index (χ0n) is 23.8.